The summed E-state index contributed by atoms with van der Waals surface area (Å²) < 4.78 is 23.7. The summed E-state index contributed by atoms with van der Waals surface area (Å²) >= 11 is 0. The van der Waals surface area contributed by atoms with Gasteiger partial charge < -0.3 is 19.1 Å². The first-order chi connectivity index (χ1) is 33.9. The Hall–Kier alpha value is -7.27. The molecule has 1 aliphatic heterocycles. The second-order valence-electron chi connectivity index (χ2n) is 19.9. The van der Waals surface area contributed by atoms with Crippen LogP contribution in [-0.4, -0.2) is 9.55 Å². The van der Waals surface area contributed by atoms with Crippen molar-refractivity contribution in [2.75, 3.05) is 9.80 Å². The number of hydrogen-bond donors (Lipinski definition) is 0. The Bertz CT molecular complexity index is 3550. The Balaban J connectivity index is 0.00000582. The fourth-order valence-corrected chi connectivity index (χ4v) is 10.0. The maximum Gasteiger partial charge on any atom is 0.135 e. The summed E-state index contributed by atoms with van der Waals surface area (Å²) in [5.74, 6) is 2.22. The second-order valence-corrected chi connectivity index (χ2v) is 19.9. The minimum absolute atomic E-state index is 0. The molecule has 1 aliphatic rings. The molecule has 0 amide bonds. The van der Waals surface area contributed by atoms with Gasteiger partial charge in [0, 0.05) is 72.5 Å². The summed E-state index contributed by atoms with van der Waals surface area (Å²) in [6.45, 7) is 17.9. The predicted molar refractivity (Wildman–Crippen MR) is 287 cm³/mol. The van der Waals surface area contributed by atoms with E-state index in [2.05, 4.69) is 221 Å². The van der Waals surface area contributed by atoms with Crippen molar-refractivity contribution < 1.29 is 30.2 Å². The molecule has 0 fully saturated rings. The van der Waals surface area contributed by atoms with Crippen molar-refractivity contribution in [3.8, 4) is 50.7 Å². The fourth-order valence-electron chi connectivity index (χ4n) is 10.0. The summed E-state index contributed by atoms with van der Waals surface area (Å²) in [6.07, 6.45) is 1.90. The summed E-state index contributed by atoms with van der Waals surface area (Å²) in [4.78, 5) is 9.40. The average Bonchev–Trinajstić information content (AvgIpc) is 3.92. The Labute approximate surface area is 431 Å². The molecule has 0 spiro atoms. The Morgan fingerprint density at radius 3 is 1.90 bits per heavy atom. The van der Waals surface area contributed by atoms with Crippen LogP contribution in [0, 0.1) is 24.6 Å². The standard InChI is InChI=1S/C64H54FN4O.Pt/c1-41(2)51-20-15-21-52(42(3)4)62(51)45-35-48(38-50(36-45)70-49-31-32-56-55-19-11-12-24-57(55)69(60(56)39-49)61-37-46(33-34-66-61)64(5,6)7)67-40-68(59-26-14-13-25-58(59)67)63-53(43-17-9-8-10-18-43)22-16-23-54(63)44-27-29-47(65)30-28-44;/h8-37,40-42H,1-7H3;/q-3;. The van der Waals surface area contributed by atoms with Gasteiger partial charge in [-0.15, -0.1) is 53.6 Å². The van der Waals surface area contributed by atoms with Crippen LogP contribution < -0.4 is 14.5 Å². The zero-order chi connectivity index (χ0) is 48.3. The number of ether oxygens (including phenoxy) is 1. The third-order valence-electron chi connectivity index (χ3n) is 13.5. The molecule has 2 aromatic heterocycles. The van der Waals surface area contributed by atoms with Crippen LogP contribution in [0.5, 0.6) is 11.5 Å². The normalized spacial score (nSPS) is 12.5. The Morgan fingerprint density at radius 1 is 0.577 bits per heavy atom. The van der Waals surface area contributed by atoms with Crippen LogP contribution in [0.15, 0.2) is 182 Å². The van der Waals surface area contributed by atoms with Gasteiger partial charge in [-0.2, -0.15) is 6.07 Å². The third kappa shape index (κ3) is 8.84. The van der Waals surface area contributed by atoms with E-state index in [1.165, 1.54) is 34.4 Å². The van der Waals surface area contributed by atoms with Crippen LogP contribution in [0.3, 0.4) is 0 Å². The summed E-state index contributed by atoms with van der Waals surface area (Å²) in [7, 11) is 0. The first-order valence-electron chi connectivity index (χ1n) is 24.2. The molecule has 0 unspecified atom stereocenters. The van der Waals surface area contributed by atoms with Gasteiger partial charge in [-0.3, -0.25) is 0 Å². The van der Waals surface area contributed by atoms with E-state index in [4.69, 9.17) is 9.72 Å². The molecule has 0 radical (unpaired) electrons. The van der Waals surface area contributed by atoms with E-state index in [1.807, 2.05) is 30.5 Å². The van der Waals surface area contributed by atoms with Crippen LogP contribution >= 0.6 is 0 Å². The Kier molecular flexibility index (Phi) is 12.8. The molecule has 11 rings (SSSR count). The van der Waals surface area contributed by atoms with Crippen LogP contribution in [0.4, 0.5) is 27.1 Å². The topological polar surface area (TPSA) is 33.5 Å². The van der Waals surface area contributed by atoms with Crippen molar-refractivity contribution in [3.63, 3.8) is 0 Å². The largest absolute Gasteiger partial charge is 0.509 e. The monoisotopic (exact) mass is 1110 g/mol. The zero-order valence-electron chi connectivity index (χ0n) is 40.9. The molecule has 0 atom stereocenters. The second kappa shape index (κ2) is 19.1. The van der Waals surface area contributed by atoms with Gasteiger partial charge in [-0.1, -0.05) is 163 Å². The van der Waals surface area contributed by atoms with Gasteiger partial charge in [0.1, 0.15) is 11.6 Å². The van der Waals surface area contributed by atoms with E-state index in [1.54, 1.807) is 0 Å². The van der Waals surface area contributed by atoms with Crippen molar-refractivity contribution in [2.24, 2.45) is 0 Å². The third-order valence-corrected chi connectivity index (χ3v) is 13.5. The first-order valence-corrected chi connectivity index (χ1v) is 24.2. The number of halogens is 1. The van der Waals surface area contributed by atoms with Crippen molar-refractivity contribution in [2.45, 2.75) is 65.7 Å². The quantitative estimate of drug-likeness (QED) is 0.128. The van der Waals surface area contributed by atoms with Gasteiger partial charge in [-0.05, 0) is 98.5 Å². The van der Waals surface area contributed by atoms with Crippen LogP contribution in [0.1, 0.15) is 77.0 Å². The van der Waals surface area contributed by atoms with Gasteiger partial charge in [-0.25, -0.2) is 9.37 Å². The molecule has 8 aromatic carbocycles. The predicted octanol–water partition coefficient (Wildman–Crippen LogP) is 17.7. The van der Waals surface area contributed by atoms with Crippen LogP contribution in [0.2, 0.25) is 0 Å². The van der Waals surface area contributed by atoms with Gasteiger partial charge >= 0.3 is 0 Å². The molecule has 0 bridgehead atoms. The number of nitrogens with zero attached hydrogens (tertiary/aromatic N) is 4. The van der Waals surface area contributed by atoms with E-state index < -0.39 is 0 Å². The number of pyridine rings is 1. The van der Waals surface area contributed by atoms with Gasteiger partial charge in [0.25, 0.3) is 0 Å². The van der Waals surface area contributed by atoms with E-state index in [-0.39, 0.29) is 44.1 Å². The molecule has 0 N–H and O–H groups in total. The molecule has 71 heavy (non-hydrogen) atoms. The molecular formula is C64H54FN4OPt-3. The van der Waals surface area contributed by atoms with Crippen LogP contribution in [-0.2, 0) is 26.5 Å². The minimum Gasteiger partial charge on any atom is -0.509 e. The minimum atomic E-state index is -0.273. The molecule has 5 nitrogen and oxygen atoms in total. The van der Waals surface area contributed by atoms with Crippen molar-refractivity contribution >= 4 is 44.6 Å². The number of anilines is 4. The summed E-state index contributed by atoms with van der Waals surface area (Å²) in [5.41, 5.74) is 15.7. The first kappa shape index (κ1) is 47.4. The van der Waals surface area contributed by atoms with Crippen molar-refractivity contribution in [1.29, 1.82) is 0 Å². The van der Waals surface area contributed by atoms with E-state index in [0.29, 0.717) is 11.5 Å². The maximum absolute atomic E-state index is 14.5. The van der Waals surface area contributed by atoms with Crippen molar-refractivity contribution in [1.82, 2.24) is 9.55 Å². The molecule has 3 heterocycles. The molecule has 0 saturated carbocycles. The number of fused-ring (bicyclic) bond motifs is 4. The smallest absolute Gasteiger partial charge is 0.135 e. The number of benzene rings is 8. The van der Waals surface area contributed by atoms with Gasteiger partial charge in [0.05, 0.1) is 0 Å². The number of aromatic nitrogens is 2. The van der Waals surface area contributed by atoms with Crippen LogP contribution in [0.25, 0.3) is 61.0 Å². The molecule has 10 aromatic rings. The van der Waals surface area contributed by atoms with E-state index in [0.717, 1.165) is 78.2 Å². The number of para-hydroxylation sites is 4. The van der Waals surface area contributed by atoms with Crippen molar-refractivity contribution in [3.05, 3.63) is 223 Å². The van der Waals surface area contributed by atoms with E-state index >= 15 is 0 Å². The number of rotatable bonds is 10. The van der Waals surface area contributed by atoms with Gasteiger partial charge in [0.15, 0.2) is 0 Å². The Morgan fingerprint density at radius 2 is 1.21 bits per heavy atom. The molecule has 356 valence electrons. The molecular weight excluding hydrogens is 1050 g/mol. The SMILES string of the molecule is CC(C)c1cccc(C(C)C)c1-c1cc(Oc2[c-]c3c(cc2)c2ccccc2n3-c2cc(C(C)(C)C)ccn2)[c-]c(N2[CH-]N(c3c(-c4ccccc4)cccc3-c3ccc(F)cc3)c3ccccc32)c1.[Pt]. The number of hydrogen-bond acceptors (Lipinski definition) is 4. The average molecular weight is 1110 g/mol. The molecule has 7 heteroatoms. The molecule has 0 saturated heterocycles. The zero-order valence-corrected chi connectivity index (χ0v) is 43.2. The summed E-state index contributed by atoms with van der Waals surface area (Å²) in [6, 6.07) is 67.5. The fraction of sp³-hybridized carbons (Fsp3) is 0.156. The maximum atomic E-state index is 14.5. The van der Waals surface area contributed by atoms with E-state index in [9.17, 15) is 4.39 Å². The summed E-state index contributed by atoms with van der Waals surface area (Å²) in [5, 5.41) is 2.19. The van der Waals surface area contributed by atoms with Gasteiger partial charge in [0.2, 0.25) is 0 Å². The molecule has 0 aliphatic carbocycles.